The minimum Gasteiger partial charge on any atom is -0.376 e. The summed E-state index contributed by atoms with van der Waals surface area (Å²) in [6.07, 6.45) is 2.22. The molecule has 0 aliphatic carbocycles. The van der Waals surface area contributed by atoms with Crippen LogP contribution >= 0.6 is 12.2 Å². The van der Waals surface area contributed by atoms with Gasteiger partial charge in [0, 0.05) is 25.3 Å². The van der Waals surface area contributed by atoms with Crippen LogP contribution in [0.2, 0.25) is 0 Å². The van der Waals surface area contributed by atoms with Crippen LogP contribution in [-0.2, 0) is 17.8 Å². The van der Waals surface area contributed by atoms with Gasteiger partial charge in [-0.1, -0.05) is 30.3 Å². The Hall–Kier alpha value is -2.77. The predicted molar refractivity (Wildman–Crippen MR) is 125 cm³/mol. The van der Waals surface area contributed by atoms with Crippen molar-refractivity contribution in [1.82, 2.24) is 15.2 Å². The molecule has 0 amide bonds. The van der Waals surface area contributed by atoms with E-state index in [2.05, 4.69) is 10.3 Å². The first kappa shape index (κ1) is 21.5. The number of aromatic nitrogens is 1. The number of hydrogen-bond donors (Lipinski definition) is 2. The number of rotatable bonds is 6. The van der Waals surface area contributed by atoms with Crippen molar-refractivity contribution in [2.75, 3.05) is 13.2 Å². The summed E-state index contributed by atoms with van der Waals surface area (Å²) in [5, 5.41) is 4.81. The number of aromatic amines is 1. The summed E-state index contributed by atoms with van der Waals surface area (Å²) in [7, 11) is 0. The predicted octanol–water partition coefficient (Wildman–Crippen LogP) is 4.03. The first-order valence-electron chi connectivity index (χ1n) is 10.5. The number of fused-ring (bicyclic) bond motifs is 1. The molecule has 2 heterocycles. The van der Waals surface area contributed by atoms with Gasteiger partial charge >= 0.3 is 0 Å². The molecule has 2 aromatic carbocycles. The molecular weight excluding hydrogens is 413 g/mol. The molecule has 1 saturated heterocycles. The van der Waals surface area contributed by atoms with Gasteiger partial charge in [-0.25, -0.2) is 4.39 Å². The smallest absolute Gasteiger partial charge is 0.253 e. The summed E-state index contributed by atoms with van der Waals surface area (Å²) in [5.41, 5.74) is 3.28. The summed E-state index contributed by atoms with van der Waals surface area (Å²) in [6.45, 7) is 4.19. The van der Waals surface area contributed by atoms with E-state index in [0.29, 0.717) is 30.3 Å². The Labute approximate surface area is 186 Å². The van der Waals surface area contributed by atoms with Crippen LogP contribution in [0.25, 0.3) is 10.9 Å². The molecule has 0 bridgehead atoms. The van der Waals surface area contributed by atoms with E-state index in [0.717, 1.165) is 41.5 Å². The number of ether oxygens (including phenoxy) is 1. The molecule has 2 N–H and O–H groups in total. The highest BCUT2D eigenvalue weighted by atomic mass is 32.1. The van der Waals surface area contributed by atoms with E-state index in [1.807, 2.05) is 36.1 Å². The molecule has 1 aliphatic rings. The first-order valence-corrected chi connectivity index (χ1v) is 10.9. The van der Waals surface area contributed by atoms with Crippen LogP contribution in [0.15, 0.2) is 53.3 Å². The van der Waals surface area contributed by atoms with Crippen LogP contribution < -0.4 is 10.9 Å². The monoisotopic (exact) mass is 439 g/mol. The molecule has 162 valence electrons. The zero-order valence-corrected chi connectivity index (χ0v) is 18.3. The largest absolute Gasteiger partial charge is 0.376 e. The van der Waals surface area contributed by atoms with E-state index in [1.54, 1.807) is 12.1 Å². The van der Waals surface area contributed by atoms with Crippen LogP contribution in [0, 0.1) is 12.7 Å². The number of nitrogens with zero attached hydrogens (tertiary/aromatic N) is 1. The third-order valence-electron chi connectivity index (χ3n) is 5.60. The van der Waals surface area contributed by atoms with Gasteiger partial charge < -0.3 is 19.9 Å². The quantitative estimate of drug-likeness (QED) is 0.568. The number of benzene rings is 2. The fourth-order valence-corrected chi connectivity index (χ4v) is 4.09. The minimum atomic E-state index is -0.282. The van der Waals surface area contributed by atoms with Crippen molar-refractivity contribution < 1.29 is 9.13 Å². The lowest BCUT2D eigenvalue weighted by Crippen LogP contribution is -2.42. The van der Waals surface area contributed by atoms with E-state index < -0.39 is 0 Å². The molecule has 31 heavy (non-hydrogen) atoms. The van der Waals surface area contributed by atoms with Gasteiger partial charge in [-0.05, 0) is 66.7 Å². The van der Waals surface area contributed by atoms with Gasteiger partial charge in [0.15, 0.2) is 5.11 Å². The van der Waals surface area contributed by atoms with Gasteiger partial charge in [0.2, 0.25) is 0 Å². The van der Waals surface area contributed by atoms with Crippen LogP contribution in [0.5, 0.6) is 0 Å². The van der Waals surface area contributed by atoms with Crippen molar-refractivity contribution in [3.05, 3.63) is 81.4 Å². The van der Waals surface area contributed by atoms with Crippen molar-refractivity contribution in [3.8, 4) is 0 Å². The van der Waals surface area contributed by atoms with Crippen LogP contribution in [-0.4, -0.2) is 34.3 Å². The molecule has 1 unspecified atom stereocenters. The van der Waals surface area contributed by atoms with Gasteiger partial charge in [0.05, 0.1) is 18.2 Å². The minimum absolute atomic E-state index is 0.132. The van der Waals surface area contributed by atoms with Crippen LogP contribution in [0.3, 0.4) is 0 Å². The molecule has 7 heteroatoms. The third kappa shape index (κ3) is 5.29. The molecule has 1 aliphatic heterocycles. The number of thiocarbonyl (C=S) groups is 1. The van der Waals surface area contributed by atoms with Crippen LogP contribution in [0.1, 0.15) is 29.5 Å². The standard InChI is InChI=1S/C24H26FN3O2S/c1-16-4-2-5-18-12-19(23(29)27-22(16)18)15-28(14-17-7-9-20(25)10-8-17)24(31)26-13-21-6-3-11-30-21/h2,4-5,7-10,12,21H,3,6,11,13-15H2,1H3,(H,26,31)(H,27,29). The SMILES string of the molecule is Cc1cccc2cc(CN(Cc3ccc(F)cc3)C(=S)NCC3CCCO3)c(=O)[nH]c12. The molecule has 0 saturated carbocycles. The number of para-hydroxylation sites is 1. The number of nitrogens with one attached hydrogen (secondary N) is 2. The Morgan fingerprint density at radius 2 is 2.06 bits per heavy atom. The lowest BCUT2D eigenvalue weighted by atomic mass is 10.1. The number of hydrogen-bond acceptors (Lipinski definition) is 3. The second-order valence-electron chi connectivity index (χ2n) is 7.97. The van der Waals surface area contributed by atoms with Gasteiger partial charge in [-0.3, -0.25) is 4.79 Å². The van der Waals surface area contributed by atoms with Crippen molar-refractivity contribution in [2.24, 2.45) is 0 Å². The normalized spacial score (nSPS) is 15.9. The molecule has 4 rings (SSSR count). The lowest BCUT2D eigenvalue weighted by molar-refractivity contribution is 0.113. The second kappa shape index (κ2) is 9.58. The van der Waals surface area contributed by atoms with E-state index in [9.17, 15) is 9.18 Å². The number of H-pyrrole nitrogens is 1. The summed E-state index contributed by atoms with van der Waals surface area (Å²) < 4.78 is 19.0. The average molecular weight is 440 g/mol. The Morgan fingerprint density at radius 3 is 2.81 bits per heavy atom. The summed E-state index contributed by atoms with van der Waals surface area (Å²) in [5.74, 6) is -0.282. The van der Waals surface area contributed by atoms with E-state index in [1.165, 1.54) is 12.1 Å². The van der Waals surface area contributed by atoms with Gasteiger partial charge in [0.1, 0.15) is 5.82 Å². The van der Waals surface area contributed by atoms with Crippen molar-refractivity contribution in [3.63, 3.8) is 0 Å². The molecular formula is C24H26FN3O2S. The van der Waals surface area contributed by atoms with Crippen LogP contribution in [0.4, 0.5) is 4.39 Å². The highest BCUT2D eigenvalue weighted by molar-refractivity contribution is 7.80. The fraction of sp³-hybridized carbons (Fsp3) is 0.333. The summed E-state index contributed by atoms with van der Waals surface area (Å²) >= 11 is 5.67. The Balaban J connectivity index is 1.57. The highest BCUT2D eigenvalue weighted by Crippen LogP contribution is 2.17. The second-order valence-corrected chi connectivity index (χ2v) is 8.35. The summed E-state index contributed by atoms with van der Waals surface area (Å²) in [4.78, 5) is 17.7. The van der Waals surface area contributed by atoms with Gasteiger partial charge in [-0.15, -0.1) is 0 Å². The maximum atomic E-state index is 13.3. The number of halogens is 1. The third-order valence-corrected chi connectivity index (χ3v) is 6.01. The number of pyridine rings is 1. The maximum Gasteiger partial charge on any atom is 0.253 e. The highest BCUT2D eigenvalue weighted by Gasteiger charge is 2.18. The first-order chi connectivity index (χ1) is 15.0. The number of aryl methyl sites for hydroxylation is 1. The maximum absolute atomic E-state index is 13.3. The van der Waals surface area contributed by atoms with E-state index >= 15 is 0 Å². The molecule has 1 fully saturated rings. The van der Waals surface area contributed by atoms with Crippen molar-refractivity contribution in [1.29, 1.82) is 0 Å². The molecule has 3 aromatic rings. The molecule has 1 aromatic heterocycles. The van der Waals surface area contributed by atoms with Crippen molar-refractivity contribution >= 4 is 28.2 Å². The fourth-order valence-electron chi connectivity index (χ4n) is 3.88. The van der Waals surface area contributed by atoms with Gasteiger partial charge in [-0.2, -0.15) is 0 Å². The Bertz CT molecular complexity index is 1120. The molecule has 1 atom stereocenters. The van der Waals surface area contributed by atoms with E-state index in [-0.39, 0.29) is 17.5 Å². The molecule has 0 radical (unpaired) electrons. The lowest BCUT2D eigenvalue weighted by Gasteiger charge is -2.27. The van der Waals surface area contributed by atoms with E-state index in [4.69, 9.17) is 17.0 Å². The topological polar surface area (TPSA) is 57.4 Å². The zero-order valence-electron chi connectivity index (χ0n) is 17.5. The zero-order chi connectivity index (χ0) is 21.8. The van der Waals surface area contributed by atoms with Crippen molar-refractivity contribution in [2.45, 2.75) is 39.0 Å². The average Bonchev–Trinajstić information content (AvgIpc) is 3.28. The Morgan fingerprint density at radius 1 is 1.26 bits per heavy atom. The van der Waals surface area contributed by atoms with Gasteiger partial charge in [0.25, 0.3) is 5.56 Å². The summed E-state index contributed by atoms with van der Waals surface area (Å²) in [6, 6.07) is 14.2. The molecule has 0 spiro atoms. The Kier molecular flexibility index (Phi) is 6.63. The molecule has 5 nitrogen and oxygen atoms in total.